The van der Waals surface area contributed by atoms with Crippen LogP contribution in [0.15, 0.2) is 4.52 Å². The molecule has 8 nitrogen and oxygen atoms in total. The Morgan fingerprint density at radius 1 is 1.38 bits per heavy atom. The van der Waals surface area contributed by atoms with Gasteiger partial charge in [-0.2, -0.15) is 17.7 Å². The lowest BCUT2D eigenvalue weighted by atomic mass is 10.4. The predicted molar refractivity (Wildman–Crippen MR) is 71.2 cm³/mol. The van der Waals surface area contributed by atoms with Gasteiger partial charge in [-0.05, 0) is 19.9 Å². The largest absolute Gasteiger partial charge is 0.374 e. The third-order valence-electron chi connectivity index (χ3n) is 3.42. The number of ether oxygens (including phenoxy) is 1. The maximum Gasteiger partial charge on any atom is 0.374 e. The van der Waals surface area contributed by atoms with Crippen LogP contribution in [0.3, 0.4) is 0 Å². The molecule has 2 heterocycles. The number of methoxy groups -OCH3 is 1. The Bertz CT molecular complexity index is 564. The third-order valence-corrected chi connectivity index (χ3v) is 4.40. The summed E-state index contributed by atoms with van der Waals surface area (Å²) in [5.74, 6) is 0.903. The fourth-order valence-electron chi connectivity index (χ4n) is 2.12. The van der Waals surface area contributed by atoms with E-state index in [1.165, 1.54) is 0 Å². The number of halogens is 1. The summed E-state index contributed by atoms with van der Waals surface area (Å²) >= 11 is 0. The molecule has 1 fully saturated rings. The van der Waals surface area contributed by atoms with Gasteiger partial charge in [0.2, 0.25) is 5.89 Å². The van der Waals surface area contributed by atoms with Gasteiger partial charge >= 0.3 is 10.4 Å². The molecule has 0 radical (unpaired) electrons. The molecule has 0 spiro atoms. The average Bonchev–Trinajstić information content (AvgIpc) is 2.74. The number of nitrogens with zero attached hydrogens (tertiary/aromatic N) is 4. The van der Waals surface area contributed by atoms with Crippen LogP contribution in [-0.2, 0) is 21.7 Å². The first-order chi connectivity index (χ1) is 9.90. The van der Waals surface area contributed by atoms with Crippen molar-refractivity contribution in [3.8, 4) is 0 Å². The molecule has 0 aromatic carbocycles. The molecule has 1 unspecified atom stereocenters. The van der Waals surface area contributed by atoms with Gasteiger partial charge in [0.25, 0.3) is 0 Å². The molecule has 2 rings (SSSR count). The summed E-state index contributed by atoms with van der Waals surface area (Å²) in [7, 11) is -3.06. The highest BCUT2D eigenvalue weighted by molar-refractivity contribution is 7.83. The normalized spacial score (nSPS) is 20.3. The quantitative estimate of drug-likeness (QED) is 0.729. The molecular weight excluding hydrogens is 303 g/mol. The molecule has 1 aromatic rings. The van der Waals surface area contributed by atoms with Crippen LogP contribution in [0, 0.1) is 0 Å². The van der Waals surface area contributed by atoms with E-state index in [0.29, 0.717) is 37.8 Å². The fraction of sp³-hybridized carbons (Fsp3) is 0.818. The Labute approximate surface area is 123 Å². The van der Waals surface area contributed by atoms with E-state index in [0.717, 1.165) is 4.31 Å². The van der Waals surface area contributed by atoms with E-state index in [9.17, 15) is 12.3 Å². The van der Waals surface area contributed by atoms with Crippen LogP contribution in [0.2, 0.25) is 0 Å². The van der Waals surface area contributed by atoms with E-state index >= 15 is 0 Å². The van der Waals surface area contributed by atoms with Crippen molar-refractivity contribution in [1.29, 1.82) is 0 Å². The summed E-state index contributed by atoms with van der Waals surface area (Å²) in [6, 6.07) is 0. The molecule has 1 aromatic heterocycles. The Kier molecular flexibility index (Phi) is 5.25. The number of aromatic nitrogens is 2. The summed E-state index contributed by atoms with van der Waals surface area (Å²) in [5.41, 5.74) is 0. The SMILES string of the molecule is COC(C)c1noc(CN2CCCN(S(=O)(=O)F)CC2)n1. The summed E-state index contributed by atoms with van der Waals surface area (Å²) in [5, 5.41) is 3.83. The predicted octanol–water partition coefficient (Wildman–Crippen LogP) is 0.499. The minimum atomic E-state index is -4.62. The maximum atomic E-state index is 13.0. The zero-order valence-corrected chi connectivity index (χ0v) is 12.8. The molecule has 10 heteroatoms. The minimum absolute atomic E-state index is 0.119. The van der Waals surface area contributed by atoms with Gasteiger partial charge in [-0.3, -0.25) is 4.90 Å². The average molecular weight is 322 g/mol. The monoisotopic (exact) mass is 322 g/mol. The van der Waals surface area contributed by atoms with Gasteiger partial charge in [0.05, 0.1) is 6.54 Å². The molecule has 0 saturated carbocycles. The van der Waals surface area contributed by atoms with Gasteiger partial charge in [-0.1, -0.05) is 9.04 Å². The molecule has 1 saturated heterocycles. The van der Waals surface area contributed by atoms with Crippen LogP contribution in [0.4, 0.5) is 3.89 Å². The molecule has 0 N–H and O–H groups in total. The second kappa shape index (κ2) is 6.77. The second-order valence-electron chi connectivity index (χ2n) is 4.90. The van der Waals surface area contributed by atoms with Crippen molar-refractivity contribution >= 4 is 10.4 Å². The van der Waals surface area contributed by atoms with Gasteiger partial charge in [-0.25, -0.2) is 0 Å². The van der Waals surface area contributed by atoms with E-state index in [4.69, 9.17) is 9.26 Å². The minimum Gasteiger partial charge on any atom is -0.374 e. The third kappa shape index (κ3) is 4.43. The van der Waals surface area contributed by atoms with Gasteiger partial charge in [0.15, 0.2) is 5.82 Å². The maximum absolute atomic E-state index is 13.0. The molecule has 1 aliphatic heterocycles. The molecule has 21 heavy (non-hydrogen) atoms. The summed E-state index contributed by atoms with van der Waals surface area (Å²) in [6.07, 6.45) is 0.303. The van der Waals surface area contributed by atoms with Gasteiger partial charge in [0, 0.05) is 26.7 Å². The second-order valence-corrected chi connectivity index (χ2v) is 6.24. The standard InChI is InChI=1S/C11H19FN4O4S/c1-9(19-2)11-13-10(20-14-11)8-15-4-3-5-16(7-6-15)21(12,17)18/h9H,3-8H2,1-2H3. The Hall–Kier alpha value is -1.10. The zero-order chi connectivity index (χ0) is 15.5. The Morgan fingerprint density at radius 3 is 2.81 bits per heavy atom. The Balaban J connectivity index is 1.93. The molecular formula is C11H19FN4O4S. The van der Waals surface area contributed by atoms with Crippen LogP contribution in [0.25, 0.3) is 0 Å². The van der Waals surface area contributed by atoms with Crippen molar-refractivity contribution in [1.82, 2.24) is 19.3 Å². The van der Waals surface area contributed by atoms with Crippen molar-refractivity contribution in [2.75, 3.05) is 33.3 Å². The lowest BCUT2D eigenvalue weighted by Gasteiger charge is -2.17. The van der Waals surface area contributed by atoms with Crippen LogP contribution >= 0.6 is 0 Å². The van der Waals surface area contributed by atoms with E-state index in [1.807, 2.05) is 11.8 Å². The van der Waals surface area contributed by atoms with Crippen LogP contribution in [-0.4, -0.2) is 61.1 Å². The van der Waals surface area contributed by atoms with E-state index in [1.54, 1.807) is 7.11 Å². The first-order valence-electron chi connectivity index (χ1n) is 6.67. The van der Waals surface area contributed by atoms with Crippen LogP contribution in [0.5, 0.6) is 0 Å². The summed E-state index contributed by atoms with van der Waals surface area (Å²) in [6.45, 7) is 3.58. The summed E-state index contributed by atoms with van der Waals surface area (Å²) in [4.78, 5) is 6.18. The van der Waals surface area contributed by atoms with Crippen molar-refractivity contribution in [3.63, 3.8) is 0 Å². The van der Waals surface area contributed by atoms with E-state index < -0.39 is 10.4 Å². The van der Waals surface area contributed by atoms with Gasteiger partial charge < -0.3 is 9.26 Å². The first kappa shape index (κ1) is 16.3. The fourth-order valence-corrected chi connectivity index (χ4v) is 2.76. The van der Waals surface area contributed by atoms with E-state index in [2.05, 4.69) is 10.1 Å². The van der Waals surface area contributed by atoms with E-state index in [-0.39, 0.29) is 19.2 Å². The molecule has 0 amide bonds. The lowest BCUT2D eigenvalue weighted by molar-refractivity contribution is 0.109. The van der Waals surface area contributed by atoms with Crippen molar-refractivity contribution in [2.45, 2.75) is 26.0 Å². The molecule has 1 atom stereocenters. The number of hydrogen-bond acceptors (Lipinski definition) is 7. The smallest absolute Gasteiger partial charge is 0.374 e. The molecule has 0 aliphatic carbocycles. The first-order valence-corrected chi connectivity index (χ1v) is 8.01. The van der Waals surface area contributed by atoms with Crippen molar-refractivity contribution in [2.24, 2.45) is 0 Å². The van der Waals surface area contributed by atoms with Crippen LogP contribution < -0.4 is 0 Å². The van der Waals surface area contributed by atoms with Gasteiger partial charge in [-0.15, -0.1) is 0 Å². The zero-order valence-electron chi connectivity index (χ0n) is 12.0. The molecule has 120 valence electrons. The van der Waals surface area contributed by atoms with Crippen LogP contribution in [0.1, 0.15) is 31.2 Å². The van der Waals surface area contributed by atoms with Crippen molar-refractivity contribution < 1.29 is 21.6 Å². The topological polar surface area (TPSA) is 88.8 Å². The van der Waals surface area contributed by atoms with Crippen molar-refractivity contribution in [3.05, 3.63) is 11.7 Å². The van der Waals surface area contributed by atoms with Gasteiger partial charge in [0.1, 0.15) is 6.10 Å². The highest BCUT2D eigenvalue weighted by Crippen LogP contribution is 2.14. The number of hydrogen-bond donors (Lipinski definition) is 0. The lowest BCUT2D eigenvalue weighted by Crippen LogP contribution is -2.32. The Morgan fingerprint density at radius 2 is 2.14 bits per heavy atom. The summed E-state index contributed by atoms with van der Waals surface area (Å²) < 4.78 is 45.8. The molecule has 1 aliphatic rings. The molecule has 0 bridgehead atoms. The highest BCUT2D eigenvalue weighted by atomic mass is 32.3. The number of rotatable bonds is 5. The highest BCUT2D eigenvalue weighted by Gasteiger charge is 2.25.